The molecule has 0 amide bonds. The van der Waals surface area contributed by atoms with Crippen LogP contribution in [0.1, 0.15) is 34.1 Å². The minimum Gasteiger partial charge on any atom is -0.365 e. The van der Waals surface area contributed by atoms with Crippen LogP contribution in [0.5, 0.6) is 0 Å². The molecule has 2 rings (SSSR count). The highest BCUT2D eigenvalue weighted by molar-refractivity contribution is 9.10. The third-order valence-electron chi connectivity index (χ3n) is 4.12. The zero-order valence-electron chi connectivity index (χ0n) is 13.1. The van der Waals surface area contributed by atoms with E-state index >= 15 is 0 Å². The van der Waals surface area contributed by atoms with Crippen LogP contribution < -0.4 is 10.2 Å². The Morgan fingerprint density at radius 3 is 2.55 bits per heavy atom. The third kappa shape index (κ3) is 3.76. The number of benzene rings is 1. The maximum atomic E-state index is 3.74. The molecule has 1 heterocycles. The average molecular weight is 339 g/mol. The second-order valence-electron chi connectivity index (χ2n) is 6.65. The summed E-state index contributed by atoms with van der Waals surface area (Å²) in [5, 5.41) is 3.74. The highest BCUT2D eigenvalue weighted by atomic mass is 79.9. The Morgan fingerprint density at radius 2 is 1.95 bits per heavy atom. The van der Waals surface area contributed by atoms with Crippen molar-refractivity contribution >= 4 is 21.6 Å². The van der Waals surface area contributed by atoms with Crippen molar-refractivity contribution in [1.29, 1.82) is 0 Å². The van der Waals surface area contributed by atoms with Crippen LogP contribution in [0.25, 0.3) is 0 Å². The number of rotatable bonds is 4. The minimum absolute atomic E-state index is 0.567. The Morgan fingerprint density at radius 1 is 1.25 bits per heavy atom. The van der Waals surface area contributed by atoms with Crippen molar-refractivity contribution in [3.8, 4) is 0 Å². The Bertz CT molecular complexity index is 431. The number of para-hydroxylation sites is 1. The molecule has 2 atom stereocenters. The van der Waals surface area contributed by atoms with Crippen LogP contribution in [0.15, 0.2) is 28.7 Å². The number of anilines is 1. The summed E-state index contributed by atoms with van der Waals surface area (Å²) >= 11 is 3.72. The fourth-order valence-corrected chi connectivity index (χ4v) is 3.63. The first-order valence-electron chi connectivity index (χ1n) is 7.73. The van der Waals surface area contributed by atoms with Crippen LogP contribution in [0.2, 0.25) is 0 Å². The van der Waals surface area contributed by atoms with Crippen molar-refractivity contribution in [1.82, 2.24) is 5.32 Å². The Hall–Kier alpha value is -0.540. The molecule has 3 heteroatoms. The lowest BCUT2D eigenvalue weighted by atomic mass is 9.94. The fourth-order valence-electron chi connectivity index (χ4n) is 3.12. The van der Waals surface area contributed by atoms with Gasteiger partial charge in [0, 0.05) is 29.6 Å². The summed E-state index contributed by atoms with van der Waals surface area (Å²) in [7, 11) is 0. The zero-order valence-corrected chi connectivity index (χ0v) is 14.7. The van der Waals surface area contributed by atoms with Crippen molar-refractivity contribution in [3.05, 3.63) is 28.7 Å². The van der Waals surface area contributed by atoms with Gasteiger partial charge in [-0.1, -0.05) is 39.8 Å². The molecule has 1 saturated heterocycles. The smallest absolute Gasteiger partial charge is 0.0514 e. The molecule has 112 valence electrons. The summed E-state index contributed by atoms with van der Waals surface area (Å²) in [6.07, 6.45) is 1.24. The van der Waals surface area contributed by atoms with Gasteiger partial charge in [-0.3, -0.25) is 0 Å². The van der Waals surface area contributed by atoms with Gasteiger partial charge in [-0.25, -0.2) is 0 Å². The average Bonchev–Trinajstić information content (AvgIpc) is 2.38. The fraction of sp³-hybridized carbons (Fsp3) is 0.647. The highest BCUT2D eigenvalue weighted by Gasteiger charge is 2.30. The van der Waals surface area contributed by atoms with E-state index in [1.165, 1.54) is 16.6 Å². The van der Waals surface area contributed by atoms with Crippen LogP contribution in [-0.2, 0) is 0 Å². The van der Waals surface area contributed by atoms with Gasteiger partial charge in [-0.2, -0.15) is 0 Å². The lowest BCUT2D eigenvalue weighted by Crippen LogP contribution is -2.58. The van der Waals surface area contributed by atoms with E-state index in [0.29, 0.717) is 18.0 Å². The molecule has 1 aliphatic rings. The van der Waals surface area contributed by atoms with Gasteiger partial charge in [0.25, 0.3) is 0 Å². The first-order valence-corrected chi connectivity index (χ1v) is 8.53. The van der Waals surface area contributed by atoms with Gasteiger partial charge in [-0.15, -0.1) is 0 Å². The molecule has 0 spiro atoms. The lowest BCUT2D eigenvalue weighted by molar-refractivity contribution is 0.310. The number of hydrogen-bond acceptors (Lipinski definition) is 2. The first kappa shape index (κ1) is 15.8. The second-order valence-corrected chi connectivity index (χ2v) is 7.50. The quantitative estimate of drug-likeness (QED) is 0.880. The zero-order chi connectivity index (χ0) is 14.7. The molecule has 0 aliphatic carbocycles. The van der Waals surface area contributed by atoms with Crippen LogP contribution in [0, 0.1) is 11.8 Å². The number of halogens is 1. The molecule has 0 bridgehead atoms. The van der Waals surface area contributed by atoms with Gasteiger partial charge in [-0.05, 0) is 46.3 Å². The molecule has 1 fully saturated rings. The van der Waals surface area contributed by atoms with Crippen LogP contribution in [0.3, 0.4) is 0 Å². The first-order chi connectivity index (χ1) is 9.49. The summed E-state index contributed by atoms with van der Waals surface area (Å²) in [6, 6.07) is 9.76. The molecule has 0 saturated carbocycles. The van der Waals surface area contributed by atoms with Crippen molar-refractivity contribution < 1.29 is 0 Å². The van der Waals surface area contributed by atoms with Crippen molar-refractivity contribution in [2.75, 3.05) is 18.0 Å². The summed E-state index contributed by atoms with van der Waals surface area (Å²) in [4.78, 5) is 2.60. The largest absolute Gasteiger partial charge is 0.365 e. The monoisotopic (exact) mass is 338 g/mol. The maximum absolute atomic E-state index is 3.74. The van der Waals surface area contributed by atoms with Gasteiger partial charge < -0.3 is 10.2 Å². The summed E-state index contributed by atoms with van der Waals surface area (Å²) in [5.41, 5.74) is 1.33. The number of hydrogen-bond donors (Lipinski definition) is 1. The Kier molecular flexibility index (Phi) is 5.50. The van der Waals surface area contributed by atoms with Gasteiger partial charge >= 0.3 is 0 Å². The molecule has 1 aliphatic heterocycles. The summed E-state index contributed by atoms with van der Waals surface area (Å²) < 4.78 is 1.20. The van der Waals surface area contributed by atoms with Gasteiger partial charge in [0.05, 0.1) is 5.69 Å². The van der Waals surface area contributed by atoms with Gasteiger partial charge in [0.1, 0.15) is 0 Å². The summed E-state index contributed by atoms with van der Waals surface area (Å²) in [6.45, 7) is 11.4. The maximum Gasteiger partial charge on any atom is 0.0514 e. The van der Waals surface area contributed by atoms with Crippen LogP contribution >= 0.6 is 15.9 Å². The Labute approximate surface area is 132 Å². The van der Waals surface area contributed by atoms with Crippen molar-refractivity contribution in [2.45, 2.75) is 46.2 Å². The van der Waals surface area contributed by atoms with Crippen molar-refractivity contribution in [2.24, 2.45) is 11.8 Å². The predicted octanol–water partition coefficient (Wildman–Crippen LogP) is 4.30. The van der Waals surface area contributed by atoms with Gasteiger partial charge in [0.2, 0.25) is 0 Å². The third-order valence-corrected chi connectivity index (χ3v) is 4.79. The van der Waals surface area contributed by atoms with E-state index in [9.17, 15) is 0 Å². The summed E-state index contributed by atoms with van der Waals surface area (Å²) in [5.74, 6) is 1.39. The SMILES string of the molecule is CC(C)CC1CN(c2ccccc2Br)C(C(C)C)CN1. The molecule has 0 radical (unpaired) electrons. The van der Waals surface area contributed by atoms with Gasteiger partial charge in [0.15, 0.2) is 0 Å². The van der Waals surface area contributed by atoms with E-state index in [4.69, 9.17) is 0 Å². The highest BCUT2D eigenvalue weighted by Crippen LogP contribution is 2.31. The minimum atomic E-state index is 0.567. The molecule has 20 heavy (non-hydrogen) atoms. The topological polar surface area (TPSA) is 15.3 Å². The Balaban J connectivity index is 2.21. The van der Waals surface area contributed by atoms with E-state index in [1.807, 2.05) is 0 Å². The number of nitrogens with zero attached hydrogens (tertiary/aromatic N) is 1. The predicted molar refractivity (Wildman–Crippen MR) is 91.4 cm³/mol. The van der Waals surface area contributed by atoms with E-state index in [2.05, 4.69) is 78.1 Å². The number of piperazine rings is 1. The lowest BCUT2D eigenvalue weighted by Gasteiger charge is -2.44. The second kappa shape index (κ2) is 6.95. The standard InChI is InChI=1S/C17H27BrN2/c1-12(2)9-14-11-20(17(10-19-14)13(3)4)16-8-6-5-7-15(16)18/h5-8,12-14,17,19H,9-11H2,1-4H3. The molecule has 2 nitrogen and oxygen atoms in total. The molecule has 2 unspecified atom stereocenters. The molecule has 1 aromatic carbocycles. The number of nitrogens with one attached hydrogen (secondary N) is 1. The van der Waals surface area contributed by atoms with Crippen LogP contribution in [-0.4, -0.2) is 25.2 Å². The van der Waals surface area contributed by atoms with E-state index in [-0.39, 0.29) is 0 Å². The molecular formula is C17H27BrN2. The molecular weight excluding hydrogens is 312 g/mol. The molecule has 0 aromatic heterocycles. The molecule has 1 N–H and O–H groups in total. The van der Waals surface area contributed by atoms with E-state index in [1.54, 1.807) is 0 Å². The van der Waals surface area contributed by atoms with Crippen molar-refractivity contribution in [3.63, 3.8) is 0 Å². The van der Waals surface area contributed by atoms with E-state index in [0.717, 1.165) is 19.0 Å². The van der Waals surface area contributed by atoms with Crippen LogP contribution in [0.4, 0.5) is 5.69 Å². The normalized spacial score (nSPS) is 23.6. The van der Waals surface area contributed by atoms with E-state index < -0.39 is 0 Å². The molecule has 1 aromatic rings.